The second kappa shape index (κ2) is 11.8. The van der Waals surface area contributed by atoms with E-state index in [1.54, 1.807) is 17.0 Å². The van der Waals surface area contributed by atoms with Crippen molar-refractivity contribution in [2.24, 2.45) is 11.1 Å². The Morgan fingerprint density at radius 3 is 2.56 bits per heavy atom. The molecule has 0 bridgehead atoms. The molecule has 1 atom stereocenters. The highest BCUT2D eigenvalue weighted by Gasteiger charge is 2.43. The molecule has 2 N–H and O–H groups in total. The first-order chi connectivity index (χ1) is 17.3. The smallest absolute Gasteiger partial charge is 0.239 e. The Hall–Kier alpha value is -2.28. The van der Waals surface area contributed by atoms with Crippen LogP contribution >= 0.6 is 23.2 Å². The molecule has 1 spiro atoms. The van der Waals surface area contributed by atoms with E-state index in [0.29, 0.717) is 55.5 Å². The Balaban J connectivity index is 1.39. The van der Waals surface area contributed by atoms with Crippen LogP contribution in [0.15, 0.2) is 42.5 Å². The standard InChI is InChI=1S/C28H35Cl2N3O3/c1-32-16-17-36-25-8-3-2-6-21(25)7-4-5-11-28(27(32)35)12-14-33(15-13-28)26(34)24(31)19-20-9-10-22(29)23(30)18-20/h2-3,6,8-10,18,24H,4-5,7,11-17,19,31H2,1H3/t24-/m0/s1. The number of nitrogens with zero attached hydrogens (tertiary/aromatic N) is 2. The summed E-state index contributed by atoms with van der Waals surface area (Å²) < 4.78 is 6.02. The third-order valence-electron chi connectivity index (χ3n) is 7.60. The van der Waals surface area contributed by atoms with Gasteiger partial charge in [-0.25, -0.2) is 0 Å². The van der Waals surface area contributed by atoms with Crippen LogP contribution in [-0.4, -0.2) is 60.9 Å². The number of fused-ring (bicyclic) bond motifs is 1. The van der Waals surface area contributed by atoms with Gasteiger partial charge in [0.1, 0.15) is 12.4 Å². The van der Waals surface area contributed by atoms with Gasteiger partial charge < -0.3 is 20.3 Å². The number of piperidine rings is 1. The van der Waals surface area contributed by atoms with Gasteiger partial charge in [0.25, 0.3) is 0 Å². The summed E-state index contributed by atoms with van der Waals surface area (Å²) in [5.74, 6) is 0.986. The average Bonchev–Trinajstić information content (AvgIpc) is 2.88. The number of likely N-dealkylation sites (tertiary alicyclic amines) is 1. The first-order valence-electron chi connectivity index (χ1n) is 12.7. The molecule has 6 nitrogen and oxygen atoms in total. The minimum Gasteiger partial charge on any atom is -0.491 e. The SMILES string of the molecule is CN1CCOc2ccccc2CCCCC2(CCN(C(=O)[C@@H](N)Cc3ccc(Cl)c(Cl)c3)CC2)C1=O. The van der Waals surface area contributed by atoms with Crippen LogP contribution in [0.3, 0.4) is 0 Å². The van der Waals surface area contributed by atoms with Crippen LogP contribution in [0.25, 0.3) is 0 Å². The molecular weight excluding hydrogens is 497 g/mol. The highest BCUT2D eigenvalue weighted by molar-refractivity contribution is 6.42. The number of benzene rings is 2. The van der Waals surface area contributed by atoms with Crippen molar-refractivity contribution in [1.82, 2.24) is 9.80 Å². The fourth-order valence-electron chi connectivity index (χ4n) is 5.40. The Morgan fingerprint density at radius 2 is 1.81 bits per heavy atom. The topological polar surface area (TPSA) is 75.9 Å². The second-order valence-corrected chi connectivity index (χ2v) is 10.9. The minimum atomic E-state index is -0.664. The molecule has 0 radical (unpaired) electrons. The molecule has 36 heavy (non-hydrogen) atoms. The zero-order valence-electron chi connectivity index (χ0n) is 20.8. The lowest BCUT2D eigenvalue weighted by Crippen LogP contribution is -2.54. The van der Waals surface area contributed by atoms with Gasteiger partial charge in [0.05, 0.1) is 28.0 Å². The lowest BCUT2D eigenvalue weighted by Gasteiger charge is -2.43. The van der Waals surface area contributed by atoms with Gasteiger partial charge in [-0.1, -0.05) is 53.9 Å². The molecule has 2 aliphatic heterocycles. The number of amides is 2. The summed E-state index contributed by atoms with van der Waals surface area (Å²) in [4.78, 5) is 30.4. The molecule has 2 aromatic rings. The predicted molar refractivity (Wildman–Crippen MR) is 144 cm³/mol. The van der Waals surface area contributed by atoms with E-state index >= 15 is 0 Å². The fourth-order valence-corrected chi connectivity index (χ4v) is 5.72. The quantitative estimate of drug-likeness (QED) is 0.620. The predicted octanol–water partition coefficient (Wildman–Crippen LogP) is 4.74. The van der Waals surface area contributed by atoms with Gasteiger partial charge >= 0.3 is 0 Å². The molecule has 8 heteroatoms. The zero-order valence-corrected chi connectivity index (χ0v) is 22.4. The molecule has 1 fully saturated rings. The summed E-state index contributed by atoms with van der Waals surface area (Å²) in [5, 5.41) is 0.928. The number of nitrogens with two attached hydrogens (primary N) is 1. The van der Waals surface area contributed by atoms with Gasteiger partial charge in [-0.15, -0.1) is 0 Å². The van der Waals surface area contributed by atoms with E-state index in [9.17, 15) is 9.59 Å². The third kappa shape index (κ3) is 6.16. The van der Waals surface area contributed by atoms with Crippen molar-refractivity contribution >= 4 is 35.0 Å². The Bertz CT molecular complexity index is 1090. The number of aryl methyl sites for hydroxylation is 1. The summed E-state index contributed by atoms with van der Waals surface area (Å²) >= 11 is 12.1. The van der Waals surface area contributed by atoms with Crippen LogP contribution in [0.2, 0.25) is 10.0 Å². The lowest BCUT2D eigenvalue weighted by molar-refractivity contribution is -0.148. The first-order valence-corrected chi connectivity index (χ1v) is 13.5. The summed E-state index contributed by atoms with van der Waals surface area (Å²) in [6, 6.07) is 12.8. The maximum absolute atomic E-state index is 13.6. The van der Waals surface area contributed by atoms with Gasteiger partial charge in [-0.3, -0.25) is 9.59 Å². The van der Waals surface area contributed by atoms with Crippen molar-refractivity contribution < 1.29 is 14.3 Å². The first kappa shape index (κ1) is 26.8. The molecule has 4 rings (SSSR count). The molecule has 2 heterocycles. The third-order valence-corrected chi connectivity index (χ3v) is 8.34. The molecule has 0 saturated carbocycles. The molecule has 194 valence electrons. The highest BCUT2D eigenvalue weighted by atomic mass is 35.5. The maximum Gasteiger partial charge on any atom is 0.239 e. The maximum atomic E-state index is 13.6. The van der Waals surface area contributed by atoms with E-state index in [0.717, 1.165) is 37.0 Å². The monoisotopic (exact) mass is 531 g/mol. The van der Waals surface area contributed by atoms with E-state index in [2.05, 4.69) is 6.07 Å². The van der Waals surface area contributed by atoms with Gasteiger partial charge in [0.2, 0.25) is 11.8 Å². The lowest BCUT2D eigenvalue weighted by atomic mass is 9.73. The normalized spacial score (nSPS) is 19.6. The number of halogens is 2. The van der Waals surface area contributed by atoms with Gasteiger partial charge in [-0.2, -0.15) is 0 Å². The number of hydrogen-bond acceptors (Lipinski definition) is 4. The van der Waals surface area contributed by atoms with Crippen LogP contribution in [0, 0.1) is 5.41 Å². The number of rotatable bonds is 3. The average molecular weight is 533 g/mol. The number of ether oxygens (including phenoxy) is 1. The van der Waals surface area contributed by atoms with Crippen LogP contribution in [-0.2, 0) is 22.4 Å². The van der Waals surface area contributed by atoms with E-state index in [-0.39, 0.29) is 11.8 Å². The van der Waals surface area contributed by atoms with Gasteiger partial charge in [0, 0.05) is 20.1 Å². The molecule has 2 amide bonds. The second-order valence-electron chi connectivity index (χ2n) is 10.1. The van der Waals surface area contributed by atoms with Gasteiger partial charge in [0.15, 0.2) is 0 Å². The minimum absolute atomic E-state index is 0.0881. The molecular formula is C28H35Cl2N3O3. The van der Waals surface area contributed by atoms with Gasteiger partial charge in [-0.05, 0) is 67.9 Å². The van der Waals surface area contributed by atoms with Crippen LogP contribution in [0.5, 0.6) is 5.75 Å². The van der Waals surface area contributed by atoms with Crippen molar-refractivity contribution in [3.63, 3.8) is 0 Å². The van der Waals surface area contributed by atoms with Crippen molar-refractivity contribution in [1.29, 1.82) is 0 Å². The molecule has 1 saturated heterocycles. The number of carbonyl (C=O) groups excluding carboxylic acids is 2. The van der Waals surface area contributed by atoms with Crippen LogP contribution in [0.1, 0.15) is 43.2 Å². The van der Waals surface area contributed by atoms with Crippen molar-refractivity contribution in [3.05, 3.63) is 63.6 Å². The Labute approximate surface area is 223 Å². The summed E-state index contributed by atoms with van der Waals surface area (Å²) in [6.07, 6.45) is 5.41. The van der Waals surface area contributed by atoms with Crippen molar-refractivity contribution in [3.8, 4) is 5.75 Å². The summed E-state index contributed by atoms with van der Waals surface area (Å²) in [7, 11) is 1.86. The van der Waals surface area contributed by atoms with E-state index in [4.69, 9.17) is 33.7 Å². The molecule has 2 aliphatic rings. The summed E-state index contributed by atoms with van der Waals surface area (Å²) in [5.41, 5.74) is 7.93. The Morgan fingerprint density at radius 1 is 1.06 bits per heavy atom. The Kier molecular flexibility index (Phi) is 8.81. The number of likely N-dealkylation sites (N-methyl/N-ethyl adjacent to an activating group) is 1. The fraction of sp³-hybridized carbons (Fsp3) is 0.500. The largest absolute Gasteiger partial charge is 0.491 e. The summed E-state index contributed by atoms with van der Waals surface area (Å²) in [6.45, 7) is 2.06. The van der Waals surface area contributed by atoms with Crippen LogP contribution in [0.4, 0.5) is 0 Å². The molecule has 0 aromatic heterocycles. The van der Waals surface area contributed by atoms with E-state index in [1.807, 2.05) is 36.2 Å². The molecule has 2 aromatic carbocycles. The van der Waals surface area contributed by atoms with Crippen LogP contribution < -0.4 is 10.5 Å². The zero-order chi connectivity index (χ0) is 25.7. The number of para-hydroxylation sites is 1. The number of hydrogen-bond donors (Lipinski definition) is 1. The molecule has 0 aliphatic carbocycles. The van der Waals surface area contributed by atoms with Crippen molar-refractivity contribution in [2.45, 2.75) is 51.0 Å². The highest BCUT2D eigenvalue weighted by Crippen LogP contribution is 2.39. The van der Waals surface area contributed by atoms with Crippen molar-refractivity contribution in [2.75, 3.05) is 33.3 Å². The number of carbonyl (C=O) groups is 2. The molecule has 0 unspecified atom stereocenters. The van der Waals surface area contributed by atoms with E-state index in [1.165, 1.54) is 5.56 Å². The van der Waals surface area contributed by atoms with E-state index < -0.39 is 11.5 Å².